The number of hydrogen-bond donors (Lipinski definition) is 2. The molecule has 0 unspecified atom stereocenters. The van der Waals surface area contributed by atoms with Gasteiger partial charge in [-0.15, -0.1) is 0 Å². The molecule has 3 rings (SSSR count). The predicted molar refractivity (Wildman–Crippen MR) is 104 cm³/mol. The van der Waals surface area contributed by atoms with E-state index in [-0.39, 0.29) is 24.8 Å². The van der Waals surface area contributed by atoms with Crippen molar-refractivity contribution in [2.24, 2.45) is 0 Å². The zero-order valence-electron chi connectivity index (χ0n) is 16.1. The first-order chi connectivity index (χ1) is 12.5. The number of nitrogens with zero attached hydrogens (tertiary/aromatic N) is 2. The van der Waals surface area contributed by atoms with Crippen LogP contribution in [0.1, 0.15) is 38.7 Å². The van der Waals surface area contributed by atoms with Crippen molar-refractivity contribution in [3.63, 3.8) is 0 Å². The van der Waals surface area contributed by atoms with E-state index in [2.05, 4.69) is 29.3 Å². The standard InChI is InChI=1S/C20H31N3O3/c1-14-10-17(22-9-5-4-6-15(22)2)7-8-19(14)21-20(25)23-11-18(12-24)26-13-16(23)3/h7-8,10,15-16,18,24H,4-6,9,11-13H2,1-3H3,(H,21,25)/t15-,16+,18-/m0/s1. The summed E-state index contributed by atoms with van der Waals surface area (Å²) in [7, 11) is 0. The van der Waals surface area contributed by atoms with Gasteiger partial charge in [-0.2, -0.15) is 0 Å². The molecule has 144 valence electrons. The molecule has 2 aliphatic heterocycles. The normalized spacial score (nSPS) is 26.7. The fourth-order valence-electron chi connectivity index (χ4n) is 3.85. The van der Waals surface area contributed by atoms with Crippen LogP contribution in [0.4, 0.5) is 16.2 Å². The van der Waals surface area contributed by atoms with Crippen molar-refractivity contribution in [2.45, 2.75) is 58.2 Å². The number of carbonyl (C=O) groups is 1. The molecule has 2 N–H and O–H groups in total. The monoisotopic (exact) mass is 361 g/mol. The molecule has 0 bridgehead atoms. The lowest BCUT2D eigenvalue weighted by Crippen LogP contribution is -2.53. The van der Waals surface area contributed by atoms with Gasteiger partial charge in [0.1, 0.15) is 0 Å². The lowest BCUT2D eigenvalue weighted by Gasteiger charge is -2.37. The minimum Gasteiger partial charge on any atom is -0.394 e. The van der Waals surface area contributed by atoms with Gasteiger partial charge in [-0.3, -0.25) is 0 Å². The van der Waals surface area contributed by atoms with Crippen molar-refractivity contribution in [1.82, 2.24) is 4.90 Å². The second-order valence-corrected chi connectivity index (χ2v) is 7.61. The number of aliphatic hydroxyl groups excluding tert-OH is 1. The van der Waals surface area contributed by atoms with Crippen molar-refractivity contribution in [3.8, 4) is 0 Å². The quantitative estimate of drug-likeness (QED) is 0.869. The summed E-state index contributed by atoms with van der Waals surface area (Å²) in [6.45, 7) is 8.16. The molecular weight excluding hydrogens is 330 g/mol. The Labute approximate surface area is 156 Å². The molecule has 0 spiro atoms. The van der Waals surface area contributed by atoms with E-state index in [1.807, 2.05) is 19.9 Å². The molecule has 0 aromatic heterocycles. The Kier molecular flexibility index (Phi) is 6.04. The third-order valence-electron chi connectivity index (χ3n) is 5.56. The number of aryl methyl sites for hydroxylation is 1. The molecule has 2 heterocycles. The molecule has 1 aromatic carbocycles. The Morgan fingerprint density at radius 2 is 2.12 bits per heavy atom. The Balaban J connectivity index is 1.68. The number of rotatable bonds is 3. The first-order valence-electron chi connectivity index (χ1n) is 9.67. The van der Waals surface area contributed by atoms with E-state index in [9.17, 15) is 9.90 Å². The molecule has 0 saturated carbocycles. The summed E-state index contributed by atoms with van der Waals surface area (Å²) in [6.07, 6.45) is 3.47. The number of morpholine rings is 1. The van der Waals surface area contributed by atoms with Crippen molar-refractivity contribution in [1.29, 1.82) is 0 Å². The van der Waals surface area contributed by atoms with Gasteiger partial charge in [0.25, 0.3) is 0 Å². The number of anilines is 2. The van der Waals surface area contributed by atoms with Crippen LogP contribution in [0, 0.1) is 6.92 Å². The van der Waals surface area contributed by atoms with E-state index in [4.69, 9.17) is 4.74 Å². The minimum atomic E-state index is -0.305. The number of piperidine rings is 1. The van der Waals surface area contributed by atoms with E-state index in [0.717, 1.165) is 17.8 Å². The van der Waals surface area contributed by atoms with Crippen molar-refractivity contribution >= 4 is 17.4 Å². The van der Waals surface area contributed by atoms with E-state index in [1.54, 1.807) is 4.90 Å². The number of ether oxygens (including phenoxy) is 1. The average Bonchev–Trinajstić information content (AvgIpc) is 2.64. The summed E-state index contributed by atoms with van der Waals surface area (Å²) in [4.78, 5) is 16.9. The van der Waals surface area contributed by atoms with Gasteiger partial charge >= 0.3 is 6.03 Å². The Morgan fingerprint density at radius 3 is 2.81 bits per heavy atom. The second-order valence-electron chi connectivity index (χ2n) is 7.61. The van der Waals surface area contributed by atoms with Crippen LogP contribution in [-0.4, -0.2) is 60.5 Å². The molecule has 2 amide bonds. The number of benzene rings is 1. The van der Waals surface area contributed by atoms with E-state index in [1.165, 1.54) is 24.9 Å². The lowest BCUT2D eigenvalue weighted by molar-refractivity contribution is -0.0611. The summed E-state index contributed by atoms with van der Waals surface area (Å²) >= 11 is 0. The molecule has 6 heteroatoms. The van der Waals surface area contributed by atoms with Crippen molar-refractivity contribution in [3.05, 3.63) is 23.8 Å². The Bertz CT molecular complexity index is 637. The summed E-state index contributed by atoms with van der Waals surface area (Å²) < 4.78 is 5.51. The average molecular weight is 361 g/mol. The van der Waals surface area contributed by atoms with Gasteiger partial charge in [0.05, 0.1) is 31.9 Å². The molecule has 2 saturated heterocycles. The summed E-state index contributed by atoms with van der Waals surface area (Å²) in [6, 6.07) is 6.68. The van der Waals surface area contributed by atoms with Gasteiger partial charge in [-0.05, 0) is 63.8 Å². The molecular formula is C20H31N3O3. The SMILES string of the molecule is Cc1cc(N2CCCC[C@@H]2C)ccc1NC(=O)N1C[C@@H](CO)OC[C@H]1C. The van der Waals surface area contributed by atoms with E-state index >= 15 is 0 Å². The summed E-state index contributed by atoms with van der Waals surface area (Å²) in [5, 5.41) is 12.3. The second kappa shape index (κ2) is 8.27. The third kappa shape index (κ3) is 4.13. The topological polar surface area (TPSA) is 65.0 Å². The van der Waals surface area contributed by atoms with Crippen LogP contribution < -0.4 is 10.2 Å². The molecule has 6 nitrogen and oxygen atoms in total. The maximum Gasteiger partial charge on any atom is 0.322 e. The van der Waals surface area contributed by atoms with Crippen molar-refractivity contribution < 1.29 is 14.6 Å². The van der Waals surface area contributed by atoms with Crippen LogP contribution >= 0.6 is 0 Å². The van der Waals surface area contributed by atoms with Gasteiger partial charge in [0, 0.05) is 24.0 Å². The fraction of sp³-hybridized carbons (Fsp3) is 0.650. The third-order valence-corrected chi connectivity index (χ3v) is 5.56. The van der Waals surface area contributed by atoms with Crippen LogP contribution in [0.25, 0.3) is 0 Å². The molecule has 1 aromatic rings. The zero-order chi connectivity index (χ0) is 18.7. The Hall–Kier alpha value is -1.79. The number of urea groups is 1. The maximum absolute atomic E-state index is 12.7. The van der Waals surface area contributed by atoms with Gasteiger partial charge in [0.15, 0.2) is 0 Å². The predicted octanol–water partition coefficient (Wildman–Crippen LogP) is 2.99. The number of hydrogen-bond acceptors (Lipinski definition) is 4. The van der Waals surface area contributed by atoms with Gasteiger partial charge in [-0.1, -0.05) is 0 Å². The fourth-order valence-corrected chi connectivity index (χ4v) is 3.85. The highest BCUT2D eigenvalue weighted by molar-refractivity contribution is 5.90. The smallest absolute Gasteiger partial charge is 0.322 e. The van der Waals surface area contributed by atoms with Crippen LogP contribution in [-0.2, 0) is 4.74 Å². The maximum atomic E-state index is 12.7. The highest BCUT2D eigenvalue weighted by atomic mass is 16.5. The zero-order valence-corrected chi connectivity index (χ0v) is 16.1. The van der Waals surface area contributed by atoms with Gasteiger partial charge in [0.2, 0.25) is 0 Å². The lowest BCUT2D eigenvalue weighted by atomic mass is 10.0. The van der Waals surface area contributed by atoms with Crippen molar-refractivity contribution in [2.75, 3.05) is 36.5 Å². The number of carbonyl (C=O) groups excluding carboxylic acids is 1. The minimum absolute atomic E-state index is 0.00780. The molecule has 2 aliphatic rings. The molecule has 26 heavy (non-hydrogen) atoms. The van der Waals surface area contributed by atoms with Gasteiger partial charge < -0.3 is 25.0 Å². The van der Waals surface area contributed by atoms with Crippen LogP contribution in [0.5, 0.6) is 0 Å². The van der Waals surface area contributed by atoms with Crippen LogP contribution in [0.15, 0.2) is 18.2 Å². The number of amides is 2. The summed E-state index contributed by atoms with van der Waals surface area (Å²) in [5.74, 6) is 0. The van der Waals surface area contributed by atoms with Crippen LogP contribution in [0.2, 0.25) is 0 Å². The first-order valence-corrected chi connectivity index (χ1v) is 9.67. The molecule has 3 atom stereocenters. The molecule has 0 aliphatic carbocycles. The highest BCUT2D eigenvalue weighted by Crippen LogP contribution is 2.28. The number of nitrogens with one attached hydrogen (secondary N) is 1. The van der Waals surface area contributed by atoms with E-state index in [0.29, 0.717) is 19.2 Å². The highest BCUT2D eigenvalue weighted by Gasteiger charge is 2.29. The summed E-state index contributed by atoms with van der Waals surface area (Å²) in [5.41, 5.74) is 3.13. The number of aliphatic hydroxyl groups is 1. The molecule has 0 radical (unpaired) electrons. The van der Waals surface area contributed by atoms with Gasteiger partial charge in [-0.25, -0.2) is 4.79 Å². The Morgan fingerprint density at radius 1 is 1.31 bits per heavy atom. The first kappa shape index (κ1) is 19.0. The van der Waals surface area contributed by atoms with E-state index < -0.39 is 0 Å². The van der Waals surface area contributed by atoms with Crippen LogP contribution in [0.3, 0.4) is 0 Å². The molecule has 2 fully saturated rings. The largest absolute Gasteiger partial charge is 0.394 e.